The Morgan fingerprint density at radius 3 is 1.07 bits per heavy atom. The van der Waals surface area contributed by atoms with Gasteiger partial charge in [-0.15, -0.1) is 0 Å². The minimum atomic E-state index is -0.476. The lowest BCUT2D eigenvalue weighted by Crippen LogP contribution is -2.20. The molecule has 240 valence electrons. The normalized spacial score (nSPS) is 12.2. The molecule has 0 aliphatic carbocycles. The van der Waals surface area contributed by atoms with Crippen molar-refractivity contribution >= 4 is 5.97 Å². The van der Waals surface area contributed by atoms with Crippen LogP contribution < -0.4 is 0 Å². The lowest BCUT2D eigenvalue weighted by Gasteiger charge is -2.13. The minimum absolute atomic E-state index is 0.00385. The van der Waals surface area contributed by atoms with Gasteiger partial charge < -0.3 is 47.4 Å². The van der Waals surface area contributed by atoms with Crippen LogP contribution in [0.4, 0.5) is 4.39 Å². The predicted octanol–water partition coefficient (Wildman–Crippen LogP) is 2.86. The Morgan fingerprint density at radius 1 is 0.500 bits per heavy atom. The maximum Gasteiger partial charge on any atom is 0.308 e. The van der Waals surface area contributed by atoms with Gasteiger partial charge in [0.25, 0.3) is 0 Å². The molecule has 0 aromatic heterocycles. The largest absolute Gasteiger partial charge is 0.463 e. The van der Waals surface area contributed by atoms with Crippen LogP contribution >= 0.6 is 0 Å². The summed E-state index contributed by atoms with van der Waals surface area (Å²) in [6, 6.07) is 0. The molecule has 0 N–H and O–H groups in total. The molecule has 0 radical (unpaired) electrons. The van der Waals surface area contributed by atoms with Crippen LogP contribution in [0.25, 0.3) is 0 Å². The van der Waals surface area contributed by atoms with E-state index in [-0.39, 0.29) is 25.1 Å². The van der Waals surface area contributed by atoms with Crippen molar-refractivity contribution in [3.05, 3.63) is 0 Å². The molecular formula is C28H55FO11. The summed E-state index contributed by atoms with van der Waals surface area (Å²) in [6.07, 6.45) is 3.83. The highest BCUT2D eigenvalue weighted by atomic mass is 19.1. The summed E-state index contributed by atoms with van der Waals surface area (Å²) >= 11 is 0. The first kappa shape index (κ1) is 39.0. The zero-order valence-electron chi connectivity index (χ0n) is 24.9. The molecule has 0 aliphatic heterocycles. The van der Waals surface area contributed by atoms with Gasteiger partial charge in [0.1, 0.15) is 13.3 Å². The van der Waals surface area contributed by atoms with Crippen molar-refractivity contribution < 1.29 is 56.6 Å². The van der Waals surface area contributed by atoms with Gasteiger partial charge in [-0.3, -0.25) is 4.79 Å². The first-order valence-corrected chi connectivity index (χ1v) is 14.7. The Labute approximate surface area is 240 Å². The quantitative estimate of drug-likeness (QED) is 0.0820. The van der Waals surface area contributed by atoms with Crippen LogP contribution in [-0.4, -0.2) is 138 Å². The van der Waals surface area contributed by atoms with Gasteiger partial charge in [0, 0.05) is 0 Å². The Kier molecular flexibility index (Phi) is 33.4. The van der Waals surface area contributed by atoms with Gasteiger partial charge >= 0.3 is 5.97 Å². The van der Waals surface area contributed by atoms with Gasteiger partial charge in [0.05, 0.1) is 125 Å². The maximum absolute atomic E-state index is 12.0. The number of alkyl halides is 1. The summed E-state index contributed by atoms with van der Waals surface area (Å²) in [5.74, 6) is -0.126. The maximum atomic E-state index is 12.0. The van der Waals surface area contributed by atoms with Crippen LogP contribution in [0.5, 0.6) is 0 Å². The predicted molar refractivity (Wildman–Crippen MR) is 148 cm³/mol. The molecule has 1 unspecified atom stereocenters. The van der Waals surface area contributed by atoms with Crippen molar-refractivity contribution in [2.45, 2.75) is 39.5 Å². The summed E-state index contributed by atoms with van der Waals surface area (Å²) in [5, 5.41) is 0. The minimum Gasteiger partial charge on any atom is -0.463 e. The molecule has 0 aliphatic rings. The van der Waals surface area contributed by atoms with Crippen molar-refractivity contribution in [2.75, 3.05) is 132 Å². The summed E-state index contributed by atoms with van der Waals surface area (Å²) in [7, 11) is 0. The number of rotatable bonds is 34. The van der Waals surface area contributed by atoms with E-state index in [1.165, 1.54) is 0 Å². The van der Waals surface area contributed by atoms with Crippen molar-refractivity contribution in [1.82, 2.24) is 0 Å². The second-order valence-electron chi connectivity index (χ2n) is 8.62. The number of esters is 1. The van der Waals surface area contributed by atoms with E-state index in [0.717, 1.165) is 25.7 Å². The molecule has 0 saturated carbocycles. The first-order valence-electron chi connectivity index (χ1n) is 14.7. The van der Waals surface area contributed by atoms with Crippen LogP contribution in [0.1, 0.15) is 39.5 Å². The molecular weight excluding hydrogens is 531 g/mol. The van der Waals surface area contributed by atoms with Crippen LogP contribution in [0.15, 0.2) is 0 Å². The smallest absolute Gasteiger partial charge is 0.308 e. The SMILES string of the molecule is CCCCC(CC)C(=O)OCCOCCOCCOCCOCCOCCOCCOCCOCCOCCF. The molecule has 0 fully saturated rings. The van der Waals surface area contributed by atoms with Crippen molar-refractivity contribution in [3.8, 4) is 0 Å². The second-order valence-corrected chi connectivity index (χ2v) is 8.62. The Morgan fingerprint density at radius 2 is 0.800 bits per heavy atom. The fourth-order valence-electron chi connectivity index (χ4n) is 3.17. The second kappa shape index (κ2) is 34.2. The van der Waals surface area contributed by atoms with Crippen molar-refractivity contribution in [2.24, 2.45) is 5.92 Å². The van der Waals surface area contributed by atoms with E-state index in [1.54, 1.807) is 0 Å². The van der Waals surface area contributed by atoms with E-state index in [4.69, 9.17) is 47.4 Å². The van der Waals surface area contributed by atoms with Gasteiger partial charge in [-0.25, -0.2) is 4.39 Å². The fraction of sp³-hybridized carbons (Fsp3) is 0.964. The molecule has 0 aromatic carbocycles. The number of hydrogen-bond acceptors (Lipinski definition) is 11. The number of ether oxygens (including phenoxy) is 10. The highest BCUT2D eigenvalue weighted by Crippen LogP contribution is 2.14. The average molecular weight is 587 g/mol. The van der Waals surface area contributed by atoms with Gasteiger partial charge in [-0.05, 0) is 12.8 Å². The standard InChI is InChI=1S/C28H55FO11/c1-3-5-6-27(4-2)28(30)40-26-25-39-24-23-38-22-21-37-20-19-36-18-17-35-16-15-34-14-13-33-12-11-32-10-9-31-8-7-29/h27H,3-26H2,1-2H3. The Hall–Kier alpha value is -0.960. The van der Waals surface area contributed by atoms with E-state index < -0.39 is 6.67 Å². The van der Waals surface area contributed by atoms with E-state index in [2.05, 4.69) is 6.92 Å². The number of carbonyl (C=O) groups excluding carboxylic acids is 1. The topological polar surface area (TPSA) is 109 Å². The van der Waals surface area contributed by atoms with Gasteiger partial charge in [-0.1, -0.05) is 26.7 Å². The molecule has 0 aromatic rings. The molecule has 0 saturated heterocycles. The van der Waals surface area contributed by atoms with Crippen LogP contribution in [0.2, 0.25) is 0 Å². The monoisotopic (exact) mass is 586 g/mol. The molecule has 0 heterocycles. The summed E-state index contributed by atoms with van der Waals surface area (Å²) in [4.78, 5) is 12.0. The molecule has 12 heteroatoms. The van der Waals surface area contributed by atoms with Crippen LogP contribution in [0.3, 0.4) is 0 Å². The van der Waals surface area contributed by atoms with E-state index in [1.807, 2.05) is 6.92 Å². The highest BCUT2D eigenvalue weighted by molar-refractivity contribution is 5.72. The number of carbonyl (C=O) groups is 1. The molecule has 0 amide bonds. The molecule has 1 atom stereocenters. The third kappa shape index (κ3) is 30.0. The van der Waals surface area contributed by atoms with E-state index in [0.29, 0.717) is 112 Å². The van der Waals surface area contributed by atoms with E-state index in [9.17, 15) is 9.18 Å². The van der Waals surface area contributed by atoms with Gasteiger partial charge in [0.15, 0.2) is 0 Å². The number of hydrogen-bond donors (Lipinski definition) is 0. The van der Waals surface area contributed by atoms with Gasteiger partial charge in [0.2, 0.25) is 0 Å². The third-order valence-electron chi connectivity index (χ3n) is 5.40. The molecule has 0 spiro atoms. The average Bonchev–Trinajstić information content (AvgIpc) is 2.96. The Bertz CT molecular complexity index is 503. The lowest BCUT2D eigenvalue weighted by atomic mass is 10.00. The van der Waals surface area contributed by atoms with E-state index >= 15 is 0 Å². The van der Waals surface area contributed by atoms with Crippen molar-refractivity contribution in [1.29, 1.82) is 0 Å². The summed E-state index contributed by atoms with van der Waals surface area (Å²) in [5.41, 5.74) is 0. The van der Waals surface area contributed by atoms with Crippen molar-refractivity contribution in [3.63, 3.8) is 0 Å². The zero-order valence-corrected chi connectivity index (χ0v) is 24.9. The zero-order chi connectivity index (χ0) is 29.2. The molecule has 11 nitrogen and oxygen atoms in total. The lowest BCUT2D eigenvalue weighted by molar-refractivity contribution is -0.150. The Balaban J connectivity index is 3.15. The summed E-state index contributed by atoms with van der Waals surface area (Å²) in [6.45, 7) is 12.0. The number of unbranched alkanes of at least 4 members (excludes halogenated alkanes) is 1. The molecule has 0 rings (SSSR count). The molecule has 0 bridgehead atoms. The third-order valence-corrected chi connectivity index (χ3v) is 5.40. The first-order chi connectivity index (χ1) is 19.8. The number of halogens is 1. The van der Waals surface area contributed by atoms with Crippen LogP contribution in [-0.2, 0) is 52.2 Å². The summed E-state index contributed by atoms with van der Waals surface area (Å²) < 4.78 is 65.3. The van der Waals surface area contributed by atoms with Gasteiger partial charge in [-0.2, -0.15) is 0 Å². The fourth-order valence-corrected chi connectivity index (χ4v) is 3.17. The molecule has 40 heavy (non-hydrogen) atoms. The highest BCUT2D eigenvalue weighted by Gasteiger charge is 2.16. The van der Waals surface area contributed by atoms with Crippen LogP contribution in [0, 0.1) is 5.92 Å².